The predicted molar refractivity (Wildman–Crippen MR) is 88.6 cm³/mol. The van der Waals surface area contributed by atoms with E-state index in [9.17, 15) is 4.79 Å². The summed E-state index contributed by atoms with van der Waals surface area (Å²) in [4.78, 5) is 19.6. The van der Waals surface area contributed by atoms with Gasteiger partial charge >= 0.3 is 0 Å². The summed E-state index contributed by atoms with van der Waals surface area (Å²) >= 11 is 0. The zero-order valence-corrected chi connectivity index (χ0v) is 13.9. The molecule has 7 heteroatoms. The number of carbonyl (C=O) groups is 1. The third kappa shape index (κ3) is 2.46. The van der Waals surface area contributed by atoms with Gasteiger partial charge < -0.3 is 4.90 Å². The molecule has 4 heterocycles. The van der Waals surface area contributed by atoms with Crippen molar-refractivity contribution in [2.24, 2.45) is 7.05 Å². The molecule has 0 radical (unpaired) electrons. The van der Waals surface area contributed by atoms with Gasteiger partial charge in [0.1, 0.15) is 5.69 Å². The van der Waals surface area contributed by atoms with E-state index < -0.39 is 0 Å². The van der Waals surface area contributed by atoms with E-state index >= 15 is 0 Å². The maximum absolute atomic E-state index is 13.0. The lowest BCUT2D eigenvalue weighted by Crippen LogP contribution is -2.39. The number of rotatable bonds is 2. The Hall–Kier alpha value is -2.70. The number of hydrogen-bond donors (Lipinski definition) is 0. The first kappa shape index (κ1) is 14.9. The Morgan fingerprint density at radius 2 is 2.17 bits per heavy atom. The van der Waals surface area contributed by atoms with E-state index in [1.54, 1.807) is 28.5 Å². The van der Waals surface area contributed by atoms with Crippen LogP contribution in [0.2, 0.25) is 0 Å². The van der Waals surface area contributed by atoms with Gasteiger partial charge in [-0.2, -0.15) is 10.2 Å². The van der Waals surface area contributed by atoms with Gasteiger partial charge in [-0.05, 0) is 38.3 Å². The summed E-state index contributed by atoms with van der Waals surface area (Å²) in [5.74, 6) is 0.0195. The number of nitrogens with zero attached hydrogens (tertiary/aromatic N) is 6. The molecule has 1 aliphatic heterocycles. The van der Waals surface area contributed by atoms with Crippen LogP contribution >= 0.6 is 0 Å². The fourth-order valence-electron chi connectivity index (χ4n) is 3.41. The molecule has 0 spiro atoms. The molecule has 3 aromatic rings. The number of piperidine rings is 1. The molecule has 1 atom stereocenters. The average molecular weight is 324 g/mol. The second kappa shape index (κ2) is 5.74. The highest BCUT2D eigenvalue weighted by atomic mass is 16.2. The van der Waals surface area contributed by atoms with Crippen molar-refractivity contribution < 1.29 is 4.79 Å². The van der Waals surface area contributed by atoms with Gasteiger partial charge in [-0.1, -0.05) is 0 Å². The van der Waals surface area contributed by atoms with Gasteiger partial charge in [0.15, 0.2) is 5.65 Å². The molecule has 0 aromatic carbocycles. The van der Waals surface area contributed by atoms with E-state index in [0.29, 0.717) is 5.69 Å². The summed E-state index contributed by atoms with van der Waals surface area (Å²) in [6.07, 6.45) is 6.64. The fourth-order valence-corrected chi connectivity index (χ4v) is 3.41. The van der Waals surface area contributed by atoms with Crippen LogP contribution in [0, 0.1) is 6.92 Å². The van der Waals surface area contributed by atoms with Crippen molar-refractivity contribution in [3.05, 3.63) is 47.7 Å². The van der Waals surface area contributed by atoms with Crippen LogP contribution in [-0.4, -0.2) is 41.7 Å². The highest BCUT2D eigenvalue weighted by Gasteiger charge is 2.31. The Kier molecular flexibility index (Phi) is 3.55. The molecule has 0 saturated carbocycles. The molecule has 0 N–H and O–H groups in total. The number of hydrogen-bond acceptors (Lipinski definition) is 4. The Bertz CT molecular complexity index is 896. The third-order valence-electron chi connectivity index (χ3n) is 4.61. The second-order valence-corrected chi connectivity index (χ2v) is 6.29. The number of amides is 1. The predicted octanol–water partition coefficient (Wildman–Crippen LogP) is 2.14. The van der Waals surface area contributed by atoms with Crippen molar-refractivity contribution in [1.29, 1.82) is 0 Å². The second-order valence-electron chi connectivity index (χ2n) is 6.29. The van der Waals surface area contributed by atoms with Crippen molar-refractivity contribution in [2.45, 2.75) is 32.2 Å². The Balaban J connectivity index is 1.70. The number of aryl methyl sites for hydroxylation is 2. The van der Waals surface area contributed by atoms with Gasteiger partial charge in [-0.3, -0.25) is 9.48 Å². The largest absolute Gasteiger partial charge is 0.329 e. The molecule has 4 rings (SSSR count). The number of carbonyl (C=O) groups excluding carboxylic acids is 1. The third-order valence-corrected chi connectivity index (χ3v) is 4.61. The summed E-state index contributed by atoms with van der Waals surface area (Å²) in [5.41, 5.74) is 3.30. The monoisotopic (exact) mass is 324 g/mol. The minimum Gasteiger partial charge on any atom is -0.329 e. The van der Waals surface area contributed by atoms with Crippen LogP contribution in [0.1, 0.15) is 47.2 Å². The van der Waals surface area contributed by atoms with Crippen LogP contribution in [-0.2, 0) is 7.05 Å². The first-order chi connectivity index (χ1) is 11.6. The van der Waals surface area contributed by atoms with Crippen LogP contribution in [0.25, 0.3) is 5.65 Å². The first-order valence-corrected chi connectivity index (χ1v) is 8.25. The highest BCUT2D eigenvalue weighted by molar-refractivity contribution is 5.92. The molecule has 1 saturated heterocycles. The van der Waals surface area contributed by atoms with Crippen molar-refractivity contribution in [2.75, 3.05) is 6.54 Å². The molecule has 0 aliphatic carbocycles. The SMILES string of the molecule is Cc1cc2nc(C3CCCCN3C(=O)c3ccnn3C)ccn2n1. The van der Waals surface area contributed by atoms with Crippen LogP contribution in [0.5, 0.6) is 0 Å². The summed E-state index contributed by atoms with van der Waals surface area (Å²) in [6.45, 7) is 2.70. The van der Waals surface area contributed by atoms with Crippen molar-refractivity contribution in [3.63, 3.8) is 0 Å². The lowest BCUT2D eigenvalue weighted by Gasteiger charge is -2.35. The molecule has 1 aliphatic rings. The lowest BCUT2D eigenvalue weighted by molar-refractivity contribution is 0.0595. The zero-order valence-electron chi connectivity index (χ0n) is 13.9. The Morgan fingerprint density at radius 3 is 2.96 bits per heavy atom. The van der Waals surface area contributed by atoms with Crippen LogP contribution in [0.15, 0.2) is 30.6 Å². The summed E-state index contributed by atoms with van der Waals surface area (Å²) < 4.78 is 3.40. The lowest BCUT2D eigenvalue weighted by atomic mass is 9.98. The zero-order chi connectivity index (χ0) is 16.7. The van der Waals surface area contributed by atoms with E-state index in [0.717, 1.165) is 42.8 Å². The van der Waals surface area contributed by atoms with E-state index in [4.69, 9.17) is 4.98 Å². The summed E-state index contributed by atoms with van der Waals surface area (Å²) in [7, 11) is 1.80. The molecule has 0 bridgehead atoms. The number of aromatic nitrogens is 5. The van der Waals surface area contributed by atoms with Crippen molar-refractivity contribution >= 4 is 11.6 Å². The minimum absolute atomic E-state index is 0.00126. The number of likely N-dealkylation sites (tertiary alicyclic amines) is 1. The molecular formula is C17H20N6O. The van der Waals surface area contributed by atoms with E-state index in [2.05, 4.69) is 10.2 Å². The van der Waals surface area contributed by atoms with Crippen LogP contribution in [0.4, 0.5) is 0 Å². The molecule has 124 valence electrons. The van der Waals surface area contributed by atoms with Gasteiger partial charge in [-0.25, -0.2) is 9.50 Å². The highest BCUT2D eigenvalue weighted by Crippen LogP contribution is 2.31. The molecule has 7 nitrogen and oxygen atoms in total. The van der Waals surface area contributed by atoms with E-state index in [-0.39, 0.29) is 11.9 Å². The molecular weight excluding hydrogens is 304 g/mol. The summed E-state index contributed by atoms with van der Waals surface area (Å²) in [5, 5.41) is 8.48. The first-order valence-electron chi connectivity index (χ1n) is 8.25. The van der Waals surface area contributed by atoms with Gasteiger partial charge in [-0.15, -0.1) is 0 Å². The quantitative estimate of drug-likeness (QED) is 0.724. The van der Waals surface area contributed by atoms with E-state index in [1.165, 1.54) is 0 Å². The number of fused-ring (bicyclic) bond motifs is 1. The molecule has 3 aromatic heterocycles. The Labute approximate surface area is 139 Å². The normalized spacial score (nSPS) is 18.2. The van der Waals surface area contributed by atoms with Gasteiger partial charge in [0.2, 0.25) is 0 Å². The minimum atomic E-state index is 0.00126. The maximum Gasteiger partial charge on any atom is 0.272 e. The van der Waals surface area contributed by atoms with Gasteiger partial charge in [0, 0.05) is 32.1 Å². The average Bonchev–Trinajstić information content (AvgIpc) is 3.18. The fraction of sp³-hybridized carbons (Fsp3) is 0.412. The molecule has 1 fully saturated rings. The maximum atomic E-state index is 13.0. The molecule has 1 amide bonds. The van der Waals surface area contributed by atoms with Crippen molar-refractivity contribution in [3.8, 4) is 0 Å². The topological polar surface area (TPSA) is 68.3 Å². The van der Waals surface area contributed by atoms with Crippen molar-refractivity contribution in [1.82, 2.24) is 29.3 Å². The van der Waals surface area contributed by atoms with E-state index in [1.807, 2.05) is 30.2 Å². The molecule has 24 heavy (non-hydrogen) atoms. The van der Waals surface area contributed by atoms with Crippen LogP contribution in [0.3, 0.4) is 0 Å². The standard InChI is InChI=1S/C17H20N6O/c1-12-11-16-19-13(7-10-23(16)20-12)14-5-3-4-9-22(14)17(24)15-6-8-18-21(15)2/h6-8,10-11,14H,3-5,9H2,1-2H3. The van der Waals surface area contributed by atoms with Crippen LogP contribution < -0.4 is 0 Å². The van der Waals surface area contributed by atoms with Gasteiger partial charge in [0.25, 0.3) is 5.91 Å². The summed E-state index contributed by atoms with van der Waals surface area (Å²) in [6, 6.07) is 5.70. The van der Waals surface area contributed by atoms with Gasteiger partial charge in [0.05, 0.1) is 17.4 Å². The molecule has 1 unspecified atom stereocenters. The Morgan fingerprint density at radius 1 is 1.29 bits per heavy atom. The smallest absolute Gasteiger partial charge is 0.272 e.